The third kappa shape index (κ3) is 3.91. The lowest BCUT2D eigenvalue weighted by molar-refractivity contribution is 0.613. The van der Waals surface area contributed by atoms with Gasteiger partial charge in [0, 0.05) is 24.2 Å². The first kappa shape index (κ1) is 14.2. The van der Waals surface area contributed by atoms with Crippen LogP contribution in [0.3, 0.4) is 0 Å². The van der Waals surface area contributed by atoms with Gasteiger partial charge in [0.2, 0.25) is 0 Å². The van der Waals surface area contributed by atoms with E-state index in [9.17, 15) is 4.39 Å². The van der Waals surface area contributed by atoms with E-state index in [0.29, 0.717) is 29.8 Å². The predicted molar refractivity (Wildman–Crippen MR) is 79.3 cm³/mol. The van der Waals surface area contributed by atoms with Gasteiger partial charge in [0.25, 0.3) is 0 Å². The monoisotopic (exact) mass is 274 g/mol. The minimum absolute atomic E-state index is 0.216. The van der Waals surface area contributed by atoms with Gasteiger partial charge in [-0.3, -0.25) is 0 Å². The number of aromatic nitrogens is 2. The Hall–Kier alpha value is -2.17. The number of anilines is 2. The van der Waals surface area contributed by atoms with Crippen LogP contribution >= 0.6 is 0 Å². The highest BCUT2D eigenvalue weighted by Gasteiger charge is 2.05. The molecular weight excluding hydrogens is 255 g/mol. The summed E-state index contributed by atoms with van der Waals surface area (Å²) >= 11 is 0. The Kier molecular flexibility index (Phi) is 4.50. The second kappa shape index (κ2) is 6.32. The zero-order valence-corrected chi connectivity index (χ0v) is 11.9. The molecule has 0 saturated heterocycles. The van der Waals surface area contributed by atoms with Crippen molar-refractivity contribution in [1.82, 2.24) is 9.97 Å². The highest BCUT2D eigenvalue weighted by Crippen LogP contribution is 2.14. The average molecular weight is 274 g/mol. The van der Waals surface area contributed by atoms with Crippen LogP contribution in [0.15, 0.2) is 30.3 Å². The average Bonchev–Trinajstić information content (AvgIpc) is 2.36. The standard InChI is InChI=1S/C15H19FN4/c1-10(2)18-15-8-14(19-11(3)20-15)17-9-12-6-4-5-7-13(12)16/h4-8,10H,9H2,1-3H3,(H2,17,18,19,20). The Labute approximate surface area is 118 Å². The lowest BCUT2D eigenvalue weighted by Crippen LogP contribution is -2.13. The van der Waals surface area contributed by atoms with Crippen LogP contribution < -0.4 is 10.6 Å². The van der Waals surface area contributed by atoms with Crippen molar-refractivity contribution >= 4 is 11.6 Å². The highest BCUT2D eigenvalue weighted by atomic mass is 19.1. The molecule has 2 N–H and O–H groups in total. The number of benzene rings is 1. The molecule has 2 rings (SSSR count). The van der Waals surface area contributed by atoms with Crippen molar-refractivity contribution in [2.45, 2.75) is 33.4 Å². The summed E-state index contributed by atoms with van der Waals surface area (Å²) in [7, 11) is 0. The van der Waals surface area contributed by atoms with Crippen LogP contribution in [0.5, 0.6) is 0 Å². The van der Waals surface area contributed by atoms with Crippen LogP contribution in [-0.2, 0) is 6.54 Å². The zero-order chi connectivity index (χ0) is 14.5. The van der Waals surface area contributed by atoms with Crippen molar-refractivity contribution in [1.29, 1.82) is 0 Å². The molecule has 1 aromatic heterocycles. The van der Waals surface area contributed by atoms with Gasteiger partial charge in [-0.1, -0.05) is 18.2 Å². The summed E-state index contributed by atoms with van der Waals surface area (Å²) in [5.74, 6) is 1.91. The summed E-state index contributed by atoms with van der Waals surface area (Å²) in [4.78, 5) is 8.61. The maximum absolute atomic E-state index is 13.5. The molecule has 1 aromatic carbocycles. The van der Waals surface area contributed by atoms with Crippen molar-refractivity contribution < 1.29 is 4.39 Å². The smallest absolute Gasteiger partial charge is 0.132 e. The molecule has 0 amide bonds. The van der Waals surface area contributed by atoms with Crippen LogP contribution in [0.2, 0.25) is 0 Å². The molecule has 0 atom stereocenters. The van der Waals surface area contributed by atoms with Gasteiger partial charge < -0.3 is 10.6 Å². The van der Waals surface area contributed by atoms with Gasteiger partial charge in [-0.25, -0.2) is 14.4 Å². The van der Waals surface area contributed by atoms with Gasteiger partial charge in [-0.05, 0) is 26.8 Å². The molecule has 0 aliphatic heterocycles. The van der Waals surface area contributed by atoms with Crippen LogP contribution in [0.25, 0.3) is 0 Å². The number of rotatable bonds is 5. The van der Waals surface area contributed by atoms with E-state index >= 15 is 0 Å². The number of hydrogen-bond donors (Lipinski definition) is 2. The Bertz CT molecular complexity index is 584. The summed E-state index contributed by atoms with van der Waals surface area (Å²) in [5.41, 5.74) is 0.613. The first-order valence-electron chi connectivity index (χ1n) is 6.64. The molecule has 0 aliphatic carbocycles. The second-order valence-electron chi connectivity index (χ2n) is 4.93. The minimum Gasteiger partial charge on any atom is -0.368 e. The van der Waals surface area contributed by atoms with Gasteiger partial charge in [-0.2, -0.15) is 0 Å². The van der Waals surface area contributed by atoms with E-state index in [-0.39, 0.29) is 5.82 Å². The number of halogens is 1. The van der Waals surface area contributed by atoms with Gasteiger partial charge in [0.15, 0.2) is 0 Å². The molecule has 20 heavy (non-hydrogen) atoms. The number of nitrogens with one attached hydrogen (secondary N) is 2. The van der Waals surface area contributed by atoms with E-state index < -0.39 is 0 Å². The van der Waals surface area contributed by atoms with E-state index in [1.807, 2.05) is 32.9 Å². The summed E-state index contributed by atoms with van der Waals surface area (Å²) in [6.45, 7) is 6.32. The molecule has 0 radical (unpaired) electrons. The number of nitrogens with zero attached hydrogens (tertiary/aromatic N) is 2. The van der Waals surface area contributed by atoms with Crippen LogP contribution in [0, 0.1) is 12.7 Å². The van der Waals surface area contributed by atoms with E-state index in [2.05, 4.69) is 20.6 Å². The molecule has 2 aromatic rings. The maximum atomic E-state index is 13.5. The first-order valence-corrected chi connectivity index (χ1v) is 6.64. The molecule has 0 aliphatic rings. The molecule has 5 heteroatoms. The van der Waals surface area contributed by atoms with Crippen molar-refractivity contribution in [3.05, 3.63) is 47.5 Å². The molecule has 0 unspecified atom stereocenters. The predicted octanol–water partition coefficient (Wildman–Crippen LogP) is 3.36. The fourth-order valence-electron chi connectivity index (χ4n) is 1.86. The van der Waals surface area contributed by atoms with E-state index in [4.69, 9.17) is 0 Å². The molecule has 4 nitrogen and oxygen atoms in total. The normalized spacial score (nSPS) is 10.7. The van der Waals surface area contributed by atoms with Gasteiger partial charge in [0.1, 0.15) is 23.3 Å². The van der Waals surface area contributed by atoms with E-state index in [1.54, 1.807) is 12.1 Å². The summed E-state index contributed by atoms with van der Waals surface area (Å²) in [5, 5.41) is 6.36. The van der Waals surface area contributed by atoms with Crippen LogP contribution in [0.4, 0.5) is 16.0 Å². The molecule has 106 valence electrons. The fraction of sp³-hybridized carbons (Fsp3) is 0.333. The third-order valence-corrected chi connectivity index (χ3v) is 2.69. The Morgan fingerprint density at radius 2 is 1.85 bits per heavy atom. The maximum Gasteiger partial charge on any atom is 0.132 e. The lowest BCUT2D eigenvalue weighted by Gasteiger charge is -2.12. The number of hydrogen-bond acceptors (Lipinski definition) is 4. The molecule has 0 bridgehead atoms. The topological polar surface area (TPSA) is 49.8 Å². The molecule has 0 spiro atoms. The summed E-state index contributed by atoms with van der Waals surface area (Å²) < 4.78 is 13.5. The first-order chi connectivity index (χ1) is 9.54. The summed E-state index contributed by atoms with van der Waals surface area (Å²) in [6, 6.07) is 8.82. The fourth-order valence-corrected chi connectivity index (χ4v) is 1.86. The van der Waals surface area contributed by atoms with Gasteiger partial charge >= 0.3 is 0 Å². The summed E-state index contributed by atoms with van der Waals surface area (Å²) in [6.07, 6.45) is 0. The minimum atomic E-state index is -0.216. The van der Waals surface area contributed by atoms with Crippen molar-refractivity contribution in [3.63, 3.8) is 0 Å². The van der Waals surface area contributed by atoms with Gasteiger partial charge in [0.05, 0.1) is 0 Å². The molecular formula is C15H19FN4. The largest absolute Gasteiger partial charge is 0.368 e. The van der Waals surface area contributed by atoms with E-state index in [1.165, 1.54) is 6.07 Å². The quantitative estimate of drug-likeness (QED) is 0.877. The Morgan fingerprint density at radius 1 is 1.15 bits per heavy atom. The molecule has 1 heterocycles. The third-order valence-electron chi connectivity index (χ3n) is 2.69. The van der Waals surface area contributed by atoms with Crippen LogP contribution in [0.1, 0.15) is 25.2 Å². The highest BCUT2D eigenvalue weighted by molar-refractivity contribution is 5.48. The van der Waals surface area contributed by atoms with Crippen LogP contribution in [-0.4, -0.2) is 16.0 Å². The van der Waals surface area contributed by atoms with Gasteiger partial charge in [-0.15, -0.1) is 0 Å². The zero-order valence-electron chi connectivity index (χ0n) is 11.9. The molecule has 0 fully saturated rings. The second-order valence-corrected chi connectivity index (χ2v) is 4.93. The SMILES string of the molecule is Cc1nc(NCc2ccccc2F)cc(NC(C)C)n1. The van der Waals surface area contributed by atoms with E-state index in [0.717, 1.165) is 5.82 Å². The molecule has 0 saturated carbocycles. The Balaban J connectivity index is 2.09. The Morgan fingerprint density at radius 3 is 2.55 bits per heavy atom. The van der Waals surface area contributed by atoms with Crippen molar-refractivity contribution in [2.24, 2.45) is 0 Å². The van der Waals surface area contributed by atoms with Crippen molar-refractivity contribution in [3.8, 4) is 0 Å². The number of aryl methyl sites for hydroxylation is 1. The lowest BCUT2D eigenvalue weighted by atomic mass is 10.2. The van der Waals surface area contributed by atoms with Crippen molar-refractivity contribution in [2.75, 3.05) is 10.6 Å².